The Morgan fingerprint density at radius 3 is 2.87 bits per heavy atom. The molecule has 0 aliphatic carbocycles. The summed E-state index contributed by atoms with van der Waals surface area (Å²) in [5, 5.41) is 12.5. The van der Waals surface area contributed by atoms with E-state index < -0.39 is 5.97 Å². The van der Waals surface area contributed by atoms with Crippen molar-refractivity contribution in [1.29, 1.82) is 0 Å². The Morgan fingerprint density at radius 1 is 1.67 bits per heavy atom. The minimum Gasteiger partial charge on any atom is -0.481 e. The van der Waals surface area contributed by atoms with E-state index in [0.717, 1.165) is 17.4 Å². The van der Waals surface area contributed by atoms with Crippen molar-refractivity contribution in [2.75, 3.05) is 11.9 Å². The molecule has 5 nitrogen and oxygen atoms in total. The maximum atomic E-state index is 10.5. The zero-order chi connectivity index (χ0) is 11.3. The van der Waals surface area contributed by atoms with Gasteiger partial charge in [0.25, 0.3) is 0 Å². The maximum absolute atomic E-state index is 10.5. The first kappa shape index (κ1) is 11.9. The second kappa shape index (κ2) is 5.65. The van der Waals surface area contributed by atoms with Crippen molar-refractivity contribution < 1.29 is 9.90 Å². The first-order valence-electron chi connectivity index (χ1n) is 4.87. The molecule has 1 rings (SSSR count). The summed E-state index contributed by atoms with van der Waals surface area (Å²) in [4.78, 5) is 14.7. The minimum absolute atomic E-state index is 0.145. The standard InChI is InChI=1S/C9H15N3O2S/c1-3-7(4-8(13)14)5-10-9-11-6(2)12-15-9/h7H,3-5H2,1-2H3,(H,13,14)(H,10,11,12). The monoisotopic (exact) mass is 229 g/mol. The van der Waals surface area contributed by atoms with Gasteiger partial charge < -0.3 is 10.4 Å². The van der Waals surface area contributed by atoms with E-state index in [1.54, 1.807) is 0 Å². The molecule has 1 unspecified atom stereocenters. The molecule has 1 atom stereocenters. The average molecular weight is 229 g/mol. The van der Waals surface area contributed by atoms with Crippen LogP contribution in [0.25, 0.3) is 0 Å². The highest BCUT2D eigenvalue weighted by atomic mass is 32.1. The number of anilines is 1. The van der Waals surface area contributed by atoms with E-state index in [2.05, 4.69) is 14.7 Å². The summed E-state index contributed by atoms with van der Waals surface area (Å²) >= 11 is 1.30. The molecule has 0 saturated carbocycles. The molecule has 2 N–H and O–H groups in total. The lowest BCUT2D eigenvalue weighted by molar-refractivity contribution is -0.138. The van der Waals surface area contributed by atoms with E-state index in [1.165, 1.54) is 11.5 Å². The Bertz CT molecular complexity index is 327. The zero-order valence-electron chi connectivity index (χ0n) is 8.86. The molecule has 1 heterocycles. The van der Waals surface area contributed by atoms with Gasteiger partial charge in [-0.1, -0.05) is 13.3 Å². The normalized spacial score (nSPS) is 12.4. The van der Waals surface area contributed by atoms with E-state index in [1.807, 2.05) is 13.8 Å². The largest absolute Gasteiger partial charge is 0.481 e. The molecule has 0 bridgehead atoms. The van der Waals surface area contributed by atoms with Crippen LogP contribution >= 0.6 is 11.5 Å². The predicted octanol–water partition coefficient (Wildman–Crippen LogP) is 1.76. The van der Waals surface area contributed by atoms with E-state index >= 15 is 0 Å². The molecule has 15 heavy (non-hydrogen) atoms. The van der Waals surface area contributed by atoms with Gasteiger partial charge in [0, 0.05) is 24.5 Å². The van der Waals surface area contributed by atoms with Crippen molar-refractivity contribution in [3.63, 3.8) is 0 Å². The number of hydrogen-bond acceptors (Lipinski definition) is 5. The third-order valence-electron chi connectivity index (χ3n) is 2.11. The van der Waals surface area contributed by atoms with Crippen LogP contribution in [0.3, 0.4) is 0 Å². The number of hydrogen-bond donors (Lipinski definition) is 2. The predicted molar refractivity (Wildman–Crippen MR) is 59.2 cm³/mol. The molecule has 0 amide bonds. The molecule has 6 heteroatoms. The average Bonchev–Trinajstić information content (AvgIpc) is 2.58. The number of carboxylic acids is 1. The maximum Gasteiger partial charge on any atom is 0.303 e. The van der Waals surface area contributed by atoms with Gasteiger partial charge in [-0.3, -0.25) is 4.79 Å². The molecule has 0 aliphatic heterocycles. The van der Waals surface area contributed by atoms with Crippen molar-refractivity contribution >= 4 is 22.6 Å². The highest BCUT2D eigenvalue weighted by Gasteiger charge is 2.11. The number of carboxylic acid groups (broad SMARTS) is 1. The van der Waals surface area contributed by atoms with Crippen LogP contribution in [0.5, 0.6) is 0 Å². The topological polar surface area (TPSA) is 75.1 Å². The summed E-state index contributed by atoms with van der Waals surface area (Å²) in [6.07, 6.45) is 1.04. The molecule has 0 saturated heterocycles. The first-order valence-corrected chi connectivity index (χ1v) is 5.65. The van der Waals surface area contributed by atoms with Crippen LogP contribution in [-0.4, -0.2) is 27.0 Å². The molecule has 0 fully saturated rings. The number of carbonyl (C=O) groups is 1. The fourth-order valence-electron chi connectivity index (χ4n) is 1.21. The Balaban J connectivity index is 2.37. The summed E-state index contributed by atoms with van der Waals surface area (Å²) < 4.78 is 4.03. The summed E-state index contributed by atoms with van der Waals surface area (Å²) in [5.41, 5.74) is 0. The smallest absolute Gasteiger partial charge is 0.303 e. The van der Waals surface area contributed by atoms with Gasteiger partial charge >= 0.3 is 5.97 Å². The van der Waals surface area contributed by atoms with Crippen LogP contribution in [0.1, 0.15) is 25.6 Å². The second-order valence-corrected chi connectivity index (χ2v) is 4.15. The lowest BCUT2D eigenvalue weighted by Crippen LogP contribution is -2.17. The molecule has 1 aromatic heterocycles. The molecule has 0 spiro atoms. The molecular formula is C9H15N3O2S. The molecule has 1 aromatic rings. The number of rotatable bonds is 6. The summed E-state index contributed by atoms with van der Waals surface area (Å²) in [5.74, 6) is 0.137. The highest BCUT2D eigenvalue weighted by Crippen LogP contribution is 2.13. The van der Waals surface area contributed by atoms with Crippen molar-refractivity contribution in [1.82, 2.24) is 9.36 Å². The van der Waals surface area contributed by atoms with Gasteiger partial charge in [-0.2, -0.15) is 4.37 Å². The SMILES string of the molecule is CCC(CNc1nc(C)ns1)CC(=O)O. The van der Waals surface area contributed by atoms with Crippen molar-refractivity contribution in [3.8, 4) is 0 Å². The van der Waals surface area contributed by atoms with Gasteiger partial charge in [-0.05, 0) is 12.8 Å². The molecule has 0 radical (unpaired) electrons. The minimum atomic E-state index is -0.753. The third kappa shape index (κ3) is 4.24. The number of aryl methyl sites for hydroxylation is 1. The quantitative estimate of drug-likeness (QED) is 0.777. The second-order valence-electron chi connectivity index (χ2n) is 3.40. The van der Waals surface area contributed by atoms with Gasteiger partial charge in [0.2, 0.25) is 5.13 Å². The number of aromatic nitrogens is 2. The lowest BCUT2D eigenvalue weighted by Gasteiger charge is -2.11. The van der Waals surface area contributed by atoms with E-state index in [-0.39, 0.29) is 12.3 Å². The molecular weight excluding hydrogens is 214 g/mol. The van der Waals surface area contributed by atoms with E-state index in [4.69, 9.17) is 5.11 Å². The molecule has 84 valence electrons. The summed E-state index contributed by atoms with van der Waals surface area (Å²) in [6, 6.07) is 0. The van der Waals surface area contributed by atoms with Crippen LogP contribution in [0.15, 0.2) is 0 Å². The van der Waals surface area contributed by atoms with Crippen LogP contribution < -0.4 is 5.32 Å². The lowest BCUT2D eigenvalue weighted by atomic mass is 10.0. The summed E-state index contributed by atoms with van der Waals surface area (Å²) in [6.45, 7) is 4.45. The summed E-state index contributed by atoms with van der Waals surface area (Å²) in [7, 11) is 0. The van der Waals surface area contributed by atoms with Crippen molar-refractivity contribution in [3.05, 3.63) is 5.82 Å². The fraction of sp³-hybridized carbons (Fsp3) is 0.667. The van der Waals surface area contributed by atoms with Crippen LogP contribution in [0.4, 0.5) is 5.13 Å². The number of aliphatic carboxylic acids is 1. The van der Waals surface area contributed by atoms with Gasteiger partial charge in [0.05, 0.1) is 0 Å². The van der Waals surface area contributed by atoms with Crippen LogP contribution in [0.2, 0.25) is 0 Å². The van der Waals surface area contributed by atoms with Crippen molar-refractivity contribution in [2.45, 2.75) is 26.7 Å². The van der Waals surface area contributed by atoms with Gasteiger partial charge in [-0.15, -0.1) is 0 Å². The van der Waals surface area contributed by atoms with Gasteiger partial charge in [0.15, 0.2) is 0 Å². The highest BCUT2D eigenvalue weighted by molar-refractivity contribution is 7.09. The number of nitrogens with one attached hydrogen (secondary N) is 1. The first-order chi connectivity index (χ1) is 7.11. The van der Waals surface area contributed by atoms with Crippen molar-refractivity contribution in [2.24, 2.45) is 5.92 Å². The van der Waals surface area contributed by atoms with Gasteiger partial charge in [0.1, 0.15) is 5.82 Å². The Labute approximate surface area is 92.7 Å². The molecule has 0 aliphatic rings. The van der Waals surface area contributed by atoms with Gasteiger partial charge in [-0.25, -0.2) is 4.98 Å². The third-order valence-corrected chi connectivity index (χ3v) is 2.87. The fourth-order valence-corrected chi connectivity index (χ4v) is 1.79. The Morgan fingerprint density at radius 2 is 2.40 bits per heavy atom. The van der Waals surface area contributed by atoms with E-state index in [9.17, 15) is 4.79 Å². The molecule has 0 aromatic carbocycles. The zero-order valence-corrected chi connectivity index (χ0v) is 9.67. The Hall–Kier alpha value is -1.17. The number of nitrogens with zero attached hydrogens (tertiary/aromatic N) is 2. The Kier molecular flexibility index (Phi) is 4.48. The van der Waals surface area contributed by atoms with Crippen LogP contribution in [-0.2, 0) is 4.79 Å². The van der Waals surface area contributed by atoms with E-state index in [0.29, 0.717) is 6.54 Å². The van der Waals surface area contributed by atoms with Crippen LogP contribution in [0, 0.1) is 12.8 Å².